The maximum atomic E-state index is 12.8. The third-order valence-electron chi connectivity index (χ3n) is 12.9. The first-order valence-electron chi connectivity index (χ1n) is 30.2. The molecule has 0 rings (SSSR count). The molecule has 0 bridgehead atoms. The van der Waals surface area contributed by atoms with Gasteiger partial charge in [-0.1, -0.05) is 279 Å². The van der Waals surface area contributed by atoms with Crippen molar-refractivity contribution in [3.63, 3.8) is 0 Å². The number of ether oxygens (including phenoxy) is 3. The molecule has 0 saturated carbocycles. The van der Waals surface area contributed by atoms with E-state index in [4.69, 9.17) is 14.2 Å². The normalized spacial score (nSPS) is 12.8. The van der Waals surface area contributed by atoms with Crippen molar-refractivity contribution in [2.45, 2.75) is 290 Å². The molecule has 0 aromatic rings. The molecule has 6 nitrogen and oxygen atoms in total. The van der Waals surface area contributed by atoms with Crippen LogP contribution in [0.3, 0.4) is 0 Å². The lowest BCUT2D eigenvalue weighted by Crippen LogP contribution is -2.30. The number of carbonyl (C=O) groups excluding carboxylic acids is 3. The van der Waals surface area contributed by atoms with Gasteiger partial charge in [-0.15, -0.1) is 0 Å². The molecule has 0 amide bonds. The summed E-state index contributed by atoms with van der Waals surface area (Å²) in [6.07, 6.45) is 80.0. The summed E-state index contributed by atoms with van der Waals surface area (Å²) in [5.41, 5.74) is 0. The highest BCUT2D eigenvalue weighted by molar-refractivity contribution is 5.71. The number of unbranched alkanes of at least 4 members (excludes halogenated alkanes) is 27. The van der Waals surface area contributed by atoms with Gasteiger partial charge < -0.3 is 14.2 Å². The van der Waals surface area contributed by atoms with E-state index in [1.54, 1.807) is 0 Å². The second kappa shape index (κ2) is 59.9. The molecule has 0 N–H and O–H groups in total. The molecule has 0 aliphatic rings. The Morgan fingerprint density at radius 1 is 0.292 bits per heavy atom. The smallest absolute Gasteiger partial charge is 0.306 e. The lowest BCUT2D eigenvalue weighted by Gasteiger charge is -2.18. The Bertz CT molecular complexity index is 1430. The standard InChI is InChI=1S/C66H112O6/c1-4-7-10-13-16-18-20-22-24-26-28-29-30-31-32-33-34-35-36-37-38-40-41-43-45-47-50-53-56-59-65(68)71-62-63(61-70-64(67)58-55-52-49-15-12-9-6-3)72-66(69)60-57-54-51-48-46-44-42-39-27-25-23-21-19-17-14-11-8-5-2/h7,10,16,18,22,24,28-29,31-32,34-35,37-38,41,43,63H,4-6,8-9,11-15,17,19-21,23,25-27,30,33,36,39-40,42,44-62H2,1-3H3/b10-7-,18-16-,24-22-,29-28-,32-31-,35-34-,38-37-,43-41-. The summed E-state index contributed by atoms with van der Waals surface area (Å²) in [6.45, 7) is 6.48. The molecule has 0 aromatic heterocycles. The number of hydrogen-bond donors (Lipinski definition) is 0. The highest BCUT2D eigenvalue weighted by Crippen LogP contribution is 2.16. The number of carbonyl (C=O) groups is 3. The van der Waals surface area contributed by atoms with Gasteiger partial charge in [0.25, 0.3) is 0 Å². The van der Waals surface area contributed by atoms with Crippen LogP contribution in [0.5, 0.6) is 0 Å². The van der Waals surface area contributed by atoms with Crippen LogP contribution in [0.15, 0.2) is 97.2 Å². The molecule has 0 fully saturated rings. The van der Waals surface area contributed by atoms with E-state index >= 15 is 0 Å². The number of allylic oxidation sites excluding steroid dienone is 16. The average Bonchev–Trinajstić information content (AvgIpc) is 3.38. The Labute approximate surface area is 445 Å². The van der Waals surface area contributed by atoms with E-state index in [2.05, 4.69) is 118 Å². The molecular weight excluding hydrogens is 889 g/mol. The summed E-state index contributed by atoms with van der Waals surface area (Å²) in [6, 6.07) is 0. The quantitative estimate of drug-likeness (QED) is 0.0261. The summed E-state index contributed by atoms with van der Waals surface area (Å²) in [5, 5.41) is 0. The SMILES string of the molecule is CC/C=C\C/C=C\C/C=C\C/C=C\C/C=C\C/C=C\C/C=C\C/C=C\CCCCCCC(=O)OCC(COC(=O)CCCCCCCCC)OC(=O)CCCCCCCCCCCCCCCCCCCC. The van der Waals surface area contributed by atoms with Gasteiger partial charge in [-0.25, -0.2) is 0 Å². The maximum Gasteiger partial charge on any atom is 0.306 e. The molecule has 0 heterocycles. The van der Waals surface area contributed by atoms with Crippen molar-refractivity contribution in [3.05, 3.63) is 97.2 Å². The second-order valence-electron chi connectivity index (χ2n) is 19.9. The van der Waals surface area contributed by atoms with Crippen LogP contribution in [-0.2, 0) is 28.6 Å². The Kier molecular flexibility index (Phi) is 56.8. The molecule has 0 radical (unpaired) electrons. The molecule has 6 heteroatoms. The zero-order chi connectivity index (χ0) is 52.2. The highest BCUT2D eigenvalue weighted by Gasteiger charge is 2.19. The fourth-order valence-corrected chi connectivity index (χ4v) is 8.34. The third-order valence-corrected chi connectivity index (χ3v) is 12.9. The van der Waals surface area contributed by atoms with Crippen molar-refractivity contribution >= 4 is 17.9 Å². The van der Waals surface area contributed by atoms with E-state index < -0.39 is 6.10 Å². The minimum Gasteiger partial charge on any atom is -0.462 e. The molecule has 0 aliphatic heterocycles. The van der Waals surface area contributed by atoms with Gasteiger partial charge in [0.05, 0.1) is 0 Å². The van der Waals surface area contributed by atoms with Gasteiger partial charge in [0.2, 0.25) is 0 Å². The van der Waals surface area contributed by atoms with Crippen LogP contribution >= 0.6 is 0 Å². The van der Waals surface area contributed by atoms with Gasteiger partial charge in [-0.05, 0) is 83.5 Å². The molecule has 0 aromatic carbocycles. The Balaban J connectivity index is 4.22. The van der Waals surface area contributed by atoms with Crippen molar-refractivity contribution < 1.29 is 28.6 Å². The summed E-state index contributed by atoms with van der Waals surface area (Å²) in [7, 11) is 0. The zero-order valence-electron chi connectivity index (χ0n) is 47.2. The molecule has 1 atom stereocenters. The topological polar surface area (TPSA) is 78.9 Å². The minimum atomic E-state index is -0.784. The van der Waals surface area contributed by atoms with E-state index in [1.807, 2.05) is 0 Å². The van der Waals surface area contributed by atoms with Gasteiger partial charge in [0, 0.05) is 19.3 Å². The molecule has 1 unspecified atom stereocenters. The maximum absolute atomic E-state index is 12.8. The number of esters is 3. The van der Waals surface area contributed by atoms with E-state index in [1.165, 1.54) is 122 Å². The second-order valence-corrected chi connectivity index (χ2v) is 19.9. The van der Waals surface area contributed by atoms with E-state index in [-0.39, 0.29) is 31.1 Å². The van der Waals surface area contributed by atoms with Gasteiger partial charge in [0.15, 0.2) is 6.10 Å². The third kappa shape index (κ3) is 57.2. The van der Waals surface area contributed by atoms with Crippen molar-refractivity contribution in [1.82, 2.24) is 0 Å². The van der Waals surface area contributed by atoms with Crippen LogP contribution in [0.2, 0.25) is 0 Å². The monoisotopic (exact) mass is 1000 g/mol. The molecule has 0 saturated heterocycles. The Morgan fingerprint density at radius 2 is 0.542 bits per heavy atom. The summed E-state index contributed by atoms with van der Waals surface area (Å²) < 4.78 is 16.8. The predicted molar refractivity (Wildman–Crippen MR) is 311 cm³/mol. The predicted octanol–water partition coefficient (Wildman–Crippen LogP) is 20.5. The van der Waals surface area contributed by atoms with Gasteiger partial charge in [0.1, 0.15) is 13.2 Å². The molecule has 0 aliphatic carbocycles. The van der Waals surface area contributed by atoms with Crippen molar-refractivity contribution in [2.75, 3.05) is 13.2 Å². The first-order valence-corrected chi connectivity index (χ1v) is 30.2. The van der Waals surface area contributed by atoms with Crippen LogP contribution in [0.4, 0.5) is 0 Å². The number of hydrogen-bond acceptors (Lipinski definition) is 6. The van der Waals surface area contributed by atoms with Crippen molar-refractivity contribution in [2.24, 2.45) is 0 Å². The van der Waals surface area contributed by atoms with Crippen molar-refractivity contribution in [1.29, 1.82) is 0 Å². The lowest BCUT2D eigenvalue weighted by molar-refractivity contribution is -0.167. The fraction of sp³-hybridized carbons (Fsp3) is 0.712. The zero-order valence-corrected chi connectivity index (χ0v) is 47.2. The Morgan fingerprint density at radius 3 is 0.847 bits per heavy atom. The van der Waals surface area contributed by atoms with Gasteiger partial charge in [-0.2, -0.15) is 0 Å². The largest absolute Gasteiger partial charge is 0.462 e. The minimum absolute atomic E-state index is 0.0831. The Hall–Kier alpha value is -3.67. The van der Waals surface area contributed by atoms with E-state index in [0.29, 0.717) is 19.3 Å². The van der Waals surface area contributed by atoms with Gasteiger partial charge >= 0.3 is 17.9 Å². The highest BCUT2D eigenvalue weighted by atomic mass is 16.6. The van der Waals surface area contributed by atoms with E-state index in [0.717, 1.165) is 122 Å². The lowest BCUT2D eigenvalue weighted by atomic mass is 10.0. The first-order chi connectivity index (χ1) is 35.5. The van der Waals surface area contributed by atoms with E-state index in [9.17, 15) is 14.4 Å². The molecular formula is C66H112O6. The van der Waals surface area contributed by atoms with Crippen LogP contribution in [0, 0.1) is 0 Å². The summed E-state index contributed by atoms with van der Waals surface area (Å²) in [4.78, 5) is 38.0. The fourth-order valence-electron chi connectivity index (χ4n) is 8.34. The molecule has 412 valence electrons. The van der Waals surface area contributed by atoms with Crippen LogP contribution in [0.1, 0.15) is 284 Å². The van der Waals surface area contributed by atoms with Crippen LogP contribution in [-0.4, -0.2) is 37.2 Å². The average molecular weight is 1000 g/mol. The van der Waals surface area contributed by atoms with Crippen molar-refractivity contribution in [3.8, 4) is 0 Å². The van der Waals surface area contributed by atoms with Crippen LogP contribution in [0.25, 0.3) is 0 Å². The number of rotatable bonds is 54. The molecule has 0 spiro atoms. The summed E-state index contributed by atoms with van der Waals surface area (Å²) >= 11 is 0. The first kappa shape index (κ1) is 68.3. The van der Waals surface area contributed by atoms with Crippen LogP contribution < -0.4 is 0 Å². The molecule has 72 heavy (non-hydrogen) atoms. The summed E-state index contributed by atoms with van der Waals surface area (Å²) in [5.74, 6) is -0.908. The van der Waals surface area contributed by atoms with Gasteiger partial charge in [-0.3, -0.25) is 14.4 Å².